The first kappa shape index (κ1) is 13.7. The number of aromatic nitrogens is 3. The molecule has 21 heavy (non-hydrogen) atoms. The summed E-state index contributed by atoms with van der Waals surface area (Å²) in [6.45, 7) is 1.68. The maximum Gasteiger partial charge on any atom is 0.291 e. The Kier molecular flexibility index (Phi) is 3.40. The molecule has 1 heterocycles. The van der Waals surface area contributed by atoms with E-state index in [-0.39, 0.29) is 5.82 Å². The smallest absolute Gasteiger partial charge is 0.291 e. The van der Waals surface area contributed by atoms with Crippen molar-refractivity contribution in [2.45, 2.75) is 31.7 Å². The van der Waals surface area contributed by atoms with E-state index in [4.69, 9.17) is 0 Å². The molecule has 1 aromatic carbocycles. The molecule has 1 saturated carbocycles. The largest absolute Gasteiger partial charge is 0.343 e. The highest BCUT2D eigenvalue weighted by Gasteiger charge is 2.28. The van der Waals surface area contributed by atoms with Crippen molar-refractivity contribution in [1.82, 2.24) is 20.5 Å². The number of H-pyrrole nitrogens is 1. The van der Waals surface area contributed by atoms with Gasteiger partial charge in [0.15, 0.2) is 11.6 Å². The van der Waals surface area contributed by atoms with Gasteiger partial charge in [-0.05, 0) is 37.5 Å². The van der Waals surface area contributed by atoms with Crippen LogP contribution in [0.2, 0.25) is 0 Å². The van der Waals surface area contributed by atoms with Gasteiger partial charge in [0.05, 0.1) is 6.04 Å². The minimum Gasteiger partial charge on any atom is -0.343 e. The van der Waals surface area contributed by atoms with Crippen molar-refractivity contribution in [2.24, 2.45) is 0 Å². The normalized spacial score (nSPS) is 15.8. The van der Waals surface area contributed by atoms with Crippen molar-refractivity contribution >= 4 is 5.91 Å². The second-order valence-corrected chi connectivity index (χ2v) is 5.19. The molecule has 0 bridgehead atoms. The Labute approximate surface area is 119 Å². The lowest BCUT2D eigenvalue weighted by atomic mass is 10.1. The average Bonchev–Trinajstić information content (AvgIpc) is 3.19. The van der Waals surface area contributed by atoms with Crippen LogP contribution in [0.5, 0.6) is 0 Å². The number of rotatable bonds is 4. The average molecular weight is 292 g/mol. The van der Waals surface area contributed by atoms with E-state index in [0.717, 1.165) is 30.8 Å². The molecule has 0 spiro atoms. The summed E-state index contributed by atoms with van der Waals surface area (Å²) in [7, 11) is 0. The molecule has 0 saturated heterocycles. The van der Waals surface area contributed by atoms with Crippen molar-refractivity contribution in [3.63, 3.8) is 0 Å². The lowest BCUT2D eigenvalue weighted by Crippen LogP contribution is -2.27. The van der Waals surface area contributed by atoms with E-state index >= 15 is 0 Å². The summed E-state index contributed by atoms with van der Waals surface area (Å²) in [6.07, 6.45) is 2.11. The summed E-state index contributed by atoms with van der Waals surface area (Å²) >= 11 is 0. The fourth-order valence-corrected chi connectivity index (χ4v) is 2.04. The van der Waals surface area contributed by atoms with Crippen LogP contribution in [0.4, 0.5) is 8.78 Å². The van der Waals surface area contributed by atoms with Crippen LogP contribution in [0, 0.1) is 11.6 Å². The molecular formula is C14H14F2N4O. The summed E-state index contributed by atoms with van der Waals surface area (Å²) < 4.78 is 26.1. The minimum absolute atomic E-state index is 0.0614. The van der Waals surface area contributed by atoms with Gasteiger partial charge in [-0.2, -0.15) is 0 Å². The monoisotopic (exact) mass is 292 g/mol. The van der Waals surface area contributed by atoms with E-state index in [1.165, 1.54) is 6.07 Å². The molecule has 0 radical (unpaired) electrons. The van der Waals surface area contributed by atoms with Gasteiger partial charge in [0, 0.05) is 5.92 Å². The van der Waals surface area contributed by atoms with Crippen LogP contribution in [-0.4, -0.2) is 21.1 Å². The standard InChI is InChI=1S/C14H14F2N4O/c1-7(9-4-5-10(15)11(16)6-9)17-14(21)13-18-12(19-20-13)8-2-3-8/h4-8H,2-3H2,1H3,(H,17,21)(H,18,19,20). The second kappa shape index (κ2) is 5.23. The van der Waals surface area contributed by atoms with Crippen LogP contribution in [0.3, 0.4) is 0 Å². The molecule has 0 aliphatic heterocycles. The third-order valence-corrected chi connectivity index (χ3v) is 3.46. The van der Waals surface area contributed by atoms with Gasteiger partial charge in [-0.1, -0.05) is 6.07 Å². The van der Waals surface area contributed by atoms with Gasteiger partial charge in [-0.15, -0.1) is 5.10 Å². The molecule has 5 nitrogen and oxygen atoms in total. The number of nitrogens with zero attached hydrogens (tertiary/aromatic N) is 2. The van der Waals surface area contributed by atoms with Crippen molar-refractivity contribution in [3.05, 3.63) is 47.0 Å². The van der Waals surface area contributed by atoms with Crippen LogP contribution in [-0.2, 0) is 0 Å². The number of benzene rings is 1. The minimum atomic E-state index is -0.942. The first-order chi connectivity index (χ1) is 10.0. The summed E-state index contributed by atoms with van der Waals surface area (Å²) in [5, 5.41) is 9.28. The third kappa shape index (κ3) is 2.91. The molecular weight excluding hydrogens is 278 g/mol. The molecule has 7 heteroatoms. The van der Waals surface area contributed by atoms with Crippen LogP contribution in [0.25, 0.3) is 0 Å². The topological polar surface area (TPSA) is 70.7 Å². The van der Waals surface area contributed by atoms with E-state index in [9.17, 15) is 13.6 Å². The lowest BCUT2D eigenvalue weighted by molar-refractivity contribution is 0.0929. The maximum absolute atomic E-state index is 13.2. The molecule has 1 atom stereocenters. The van der Waals surface area contributed by atoms with Crippen molar-refractivity contribution in [1.29, 1.82) is 0 Å². The Morgan fingerprint density at radius 2 is 2.14 bits per heavy atom. The molecule has 1 amide bonds. The summed E-state index contributed by atoms with van der Waals surface area (Å²) in [4.78, 5) is 16.2. The van der Waals surface area contributed by atoms with Gasteiger partial charge in [0.2, 0.25) is 5.82 Å². The Morgan fingerprint density at radius 1 is 1.38 bits per heavy atom. The van der Waals surface area contributed by atoms with Gasteiger partial charge in [-0.25, -0.2) is 13.8 Å². The van der Waals surface area contributed by atoms with E-state index in [0.29, 0.717) is 11.5 Å². The summed E-state index contributed by atoms with van der Waals surface area (Å²) in [5.74, 6) is -1.15. The predicted octanol–water partition coefficient (Wildman–Crippen LogP) is 2.45. The van der Waals surface area contributed by atoms with E-state index in [1.807, 2.05) is 0 Å². The summed E-state index contributed by atoms with van der Waals surface area (Å²) in [5.41, 5.74) is 0.472. The van der Waals surface area contributed by atoms with Gasteiger partial charge < -0.3 is 5.32 Å². The van der Waals surface area contributed by atoms with Crippen LogP contribution >= 0.6 is 0 Å². The van der Waals surface area contributed by atoms with Crippen LogP contribution in [0.1, 0.15) is 53.7 Å². The third-order valence-electron chi connectivity index (χ3n) is 3.46. The quantitative estimate of drug-likeness (QED) is 0.909. The van der Waals surface area contributed by atoms with Gasteiger partial charge in [0.25, 0.3) is 5.91 Å². The number of hydrogen-bond acceptors (Lipinski definition) is 3. The SMILES string of the molecule is CC(NC(=O)c1n[nH]c(C2CC2)n1)c1ccc(F)c(F)c1. The van der Waals surface area contributed by atoms with Gasteiger partial charge in [-0.3, -0.25) is 9.89 Å². The zero-order valence-electron chi connectivity index (χ0n) is 11.4. The molecule has 110 valence electrons. The Balaban J connectivity index is 1.69. The maximum atomic E-state index is 13.2. The molecule has 2 aromatic rings. The highest BCUT2D eigenvalue weighted by molar-refractivity contribution is 5.90. The highest BCUT2D eigenvalue weighted by atomic mass is 19.2. The van der Waals surface area contributed by atoms with Gasteiger partial charge in [0.1, 0.15) is 5.82 Å². The molecule has 1 aliphatic carbocycles. The van der Waals surface area contributed by atoms with Crippen LogP contribution < -0.4 is 5.32 Å². The zero-order valence-corrected chi connectivity index (χ0v) is 11.4. The van der Waals surface area contributed by atoms with Crippen molar-refractivity contribution in [3.8, 4) is 0 Å². The fraction of sp³-hybridized carbons (Fsp3) is 0.357. The Hall–Kier alpha value is -2.31. The molecule has 3 rings (SSSR count). The first-order valence-electron chi connectivity index (χ1n) is 6.72. The number of aromatic amines is 1. The number of halogens is 2. The fourth-order valence-electron chi connectivity index (χ4n) is 2.04. The number of hydrogen-bond donors (Lipinski definition) is 2. The molecule has 1 fully saturated rings. The van der Waals surface area contributed by atoms with Crippen LogP contribution in [0.15, 0.2) is 18.2 Å². The summed E-state index contributed by atoms with van der Waals surface area (Å²) in [6, 6.07) is 3.05. The Bertz CT molecular complexity index is 681. The molecule has 1 unspecified atom stereocenters. The van der Waals surface area contributed by atoms with E-state index in [2.05, 4.69) is 20.5 Å². The molecule has 1 aliphatic rings. The van der Waals surface area contributed by atoms with Crippen molar-refractivity contribution < 1.29 is 13.6 Å². The Morgan fingerprint density at radius 3 is 2.81 bits per heavy atom. The van der Waals surface area contributed by atoms with E-state index < -0.39 is 23.6 Å². The van der Waals surface area contributed by atoms with Gasteiger partial charge >= 0.3 is 0 Å². The molecule has 1 aromatic heterocycles. The lowest BCUT2D eigenvalue weighted by Gasteiger charge is -2.13. The van der Waals surface area contributed by atoms with E-state index in [1.54, 1.807) is 6.92 Å². The number of carbonyl (C=O) groups excluding carboxylic acids is 1. The number of carbonyl (C=O) groups is 1. The number of amides is 1. The zero-order chi connectivity index (χ0) is 15.0. The first-order valence-corrected chi connectivity index (χ1v) is 6.72. The number of nitrogens with one attached hydrogen (secondary N) is 2. The highest BCUT2D eigenvalue weighted by Crippen LogP contribution is 2.37. The molecule has 2 N–H and O–H groups in total. The predicted molar refractivity (Wildman–Crippen MR) is 70.6 cm³/mol. The second-order valence-electron chi connectivity index (χ2n) is 5.19. The van der Waals surface area contributed by atoms with Crippen molar-refractivity contribution in [2.75, 3.05) is 0 Å².